The van der Waals surface area contributed by atoms with Gasteiger partial charge in [0, 0.05) is 11.5 Å². The summed E-state index contributed by atoms with van der Waals surface area (Å²) >= 11 is 0. The molecule has 3 saturated carbocycles. The molecule has 0 heterocycles. The number of carbonyl (C=O) groups excluding carboxylic acids is 2. The highest BCUT2D eigenvalue weighted by molar-refractivity contribution is 5.88. The first-order chi connectivity index (χ1) is 11.9. The van der Waals surface area contributed by atoms with Crippen molar-refractivity contribution in [1.29, 1.82) is 0 Å². The number of methoxy groups -OCH3 is 1. The molecule has 25 heavy (non-hydrogen) atoms. The van der Waals surface area contributed by atoms with E-state index in [4.69, 9.17) is 4.74 Å². The number of esters is 1. The molecule has 7 atom stereocenters. The van der Waals surface area contributed by atoms with Gasteiger partial charge < -0.3 is 9.53 Å². The number of allylic oxidation sites excluding steroid dienone is 1. The van der Waals surface area contributed by atoms with E-state index < -0.39 is 0 Å². The van der Waals surface area contributed by atoms with E-state index in [1.165, 1.54) is 45.5 Å². The van der Waals surface area contributed by atoms with Gasteiger partial charge in [0.15, 0.2) is 0 Å². The second-order valence-electron chi connectivity index (χ2n) is 9.61. The lowest BCUT2D eigenvalue weighted by molar-refractivity contribution is -0.137. The predicted octanol–water partition coefficient (Wildman–Crippen LogP) is 4.55. The van der Waals surface area contributed by atoms with Crippen LogP contribution in [-0.2, 0) is 14.3 Å². The zero-order chi connectivity index (χ0) is 17.8. The largest absolute Gasteiger partial charge is 0.466 e. The third-order valence-electron chi connectivity index (χ3n) is 8.96. The summed E-state index contributed by atoms with van der Waals surface area (Å²) in [7, 11) is 1.49. The van der Waals surface area contributed by atoms with Crippen molar-refractivity contribution in [2.45, 2.75) is 65.2 Å². The Morgan fingerprint density at radius 1 is 1.08 bits per heavy atom. The lowest BCUT2D eigenvalue weighted by atomic mass is 9.45. The van der Waals surface area contributed by atoms with Crippen molar-refractivity contribution in [3.05, 3.63) is 11.6 Å². The maximum Gasteiger partial charge on any atom is 0.333 e. The number of carbonyl (C=O) groups is 2. The molecule has 0 aromatic rings. The zero-order valence-electron chi connectivity index (χ0n) is 15.9. The fourth-order valence-electron chi connectivity index (χ4n) is 7.43. The molecule has 0 spiro atoms. The van der Waals surface area contributed by atoms with Crippen LogP contribution in [0.25, 0.3) is 0 Å². The highest BCUT2D eigenvalue weighted by Gasteiger charge is 2.59. The maximum atomic E-state index is 12.0. The Hall–Kier alpha value is -1.12. The fourth-order valence-corrected chi connectivity index (χ4v) is 7.43. The molecule has 0 amide bonds. The molecule has 138 valence electrons. The van der Waals surface area contributed by atoms with Crippen molar-refractivity contribution in [2.75, 3.05) is 7.11 Å². The molecule has 4 rings (SSSR count). The summed E-state index contributed by atoms with van der Waals surface area (Å²) in [6.07, 6.45) is 12.7. The van der Waals surface area contributed by atoms with E-state index in [0.29, 0.717) is 11.3 Å². The van der Waals surface area contributed by atoms with Crippen LogP contribution in [0.4, 0.5) is 0 Å². The molecule has 4 aliphatic rings. The number of fused-ring (bicyclic) bond motifs is 5. The third-order valence-corrected chi connectivity index (χ3v) is 8.96. The maximum absolute atomic E-state index is 12.0. The fraction of sp³-hybridized carbons (Fsp3) is 0.818. The highest BCUT2D eigenvalue weighted by Crippen LogP contribution is 2.66. The molecule has 0 bridgehead atoms. The van der Waals surface area contributed by atoms with Gasteiger partial charge in [0.05, 0.1) is 7.11 Å². The standard InChI is InChI=1S/C22H32O3/c1-21-10-8-14(20(24)25-3)12-15(21)4-6-17-18-7-5-16(13-23)22(18,2)11-9-19(17)21/h12-13,15-19H,4-11H2,1-3H3/t15-,16+,17-,18-,19-,21-,22+/m0/s1. The van der Waals surface area contributed by atoms with E-state index in [1.54, 1.807) is 0 Å². The quantitative estimate of drug-likeness (QED) is 0.545. The van der Waals surface area contributed by atoms with Gasteiger partial charge in [-0.3, -0.25) is 0 Å². The molecule has 4 aliphatic carbocycles. The van der Waals surface area contributed by atoms with Gasteiger partial charge in [-0.2, -0.15) is 0 Å². The number of hydrogen-bond acceptors (Lipinski definition) is 3. The van der Waals surface area contributed by atoms with Gasteiger partial charge in [-0.1, -0.05) is 19.9 Å². The molecule has 0 saturated heterocycles. The van der Waals surface area contributed by atoms with Gasteiger partial charge in [-0.25, -0.2) is 4.79 Å². The van der Waals surface area contributed by atoms with Crippen molar-refractivity contribution < 1.29 is 14.3 Å². The topological polar surface area (TPSA) is 43.4 Å². The summed E-state index contributed by atoms with van der Waals surface area (Å²) in [5.74, 6) is 2.92. The predicted molar refractivity (Wildman–Crippen MR) is 96.8 cm³/mol. The van der Waals surface area contributed by atoms with E-state index in [2.05, 4.69) is 19.9 Å². The Balaban J connectivity index is 1.61. The molecule has 3 heteroatoms. The summed E-state index contributed by atoms with van der Waals surface area (Å²) in [5.41, 5.74) is 1.46. The molecular formula is C22H32O3. The zero-order valence-corrected chi connectivity index (χ0v) is 15.9. The number of rotatable bonds is 2. The second kappa shape index (κ2) is 5.96. The van der Waals surface area contributed by atoms with E-state index >= 15 is 0 Å². The van der Waals surface area contributed by atoms with Gasteiger partial charge in [0.1, 0.15) is 6.29 Å². The average molecular weight is 344 g/mol. The van der Waals surface area contributed by atoms with Gasteiger partial charge >= 0.3 is 5.97 Å². The van der Waals surface area contributed by atoms with Gasteiger partial charge in [0.25, 0.3) is 0 Å². The van der Waals surface area contributed by atoms with Crippen LogP contribution in [0.15, 0.2) is 11.6 Å². The normalized spacial score (nSPS) is 48.6. The monoisotopic (exact) mass is 344 g/mol. The van der Waals surface area contributed by atoms with Crippen LogP contribution in [0.3, 0.4) is 0 Å². The van der Waals surface area contributed by atoms with Crippen molar-refractivity contribution >= 4 is 12.3 Å². The number of ether oxygens (including phenoxy) is 1. The van der Waals surface area contributed by atoms with Crippen LogP contribution in [0.1, 0.15) is 65.2 Å². The summed E-state index contributed by atoms with van der Waals surface area (Å²) < 4.78 is 4.96. The first-order valence-corrected chi connectivity index (χ1v) is 10.2. The second-order valence-corrected chi connectivity index (χ2v) is 9.61. The van der Waals surface area contributed by atoms with Crippen LogP contribution in [-0.4, -0.2) is 19.4 Å². The summed E-state index contributed by atoms with van der Waals surface area (Å²) in [6.45, 7) is 4.87. The molecule has 3 fully saturated rings. The number of aldehydes is 1. The molecular weight excluding hydrogens is 312 g/mol. The van der Waals surface area contributed by atoms with E-state index in [0.717, 1.165) is 42.6 Å². The van der Waals surface area contributed by atoms with E-state index in [1.807, 2.05) is 0 Å². The molecule has 0 N–H and O–H groups in total. The molecule has 0 aromatic carbocycles. The van der Waals surface area contributed by atoms with Crippen LogP contribution in [0.5, 0.6) is 0 Å². The lowest BCUT2D eigenvalue weighted by Crippen LogP contribution is -2.52. The first kappa shape index (κ1) is 17.3. The Labute approximate surface area is 151 Å². The van der Waals surface area contributed by atoms with E-state index in [9.17, 15) is 9.59 Å². The third kappa shape index (κ3) is 2.37. The molecule has 3 nitrogen and oxygen atoms in total. The SMILES string of the molecule is COC(=O)C1=C[C@@H]2CC[C@@H]3[C@H](CC[C@]4(C)[C@@H](C=O)CC[C@@H]34)[C@@]2(C)CC1. The van der Waals surface area contributed by atoms with E-state index in [-0.39, 0.29) is 17.3 Å². The van der Waals surface area contributed by atoms with Crippen molar-refractivity contribution in [1.82, 2.24) is 0 Å². The van der Waals surface area contributed by atoms with Crippen molar-refractivity contribution in [2.24, 2.45) is 40.4 Å². The average Bonchev–Trinajstić information content (AvgIpc) is 2.96. The Kier molecular flexibility index (Phi) is 4.12. The van der Waals surface area contributed by atoms with Gasteiger partial charge in [-0.05, 0) is 85.9 Å². The molecule has 0 unspecified atom stereocenters. The van der Waals surface area contributed by atoms with Crippen LogP contribution < -0.4 is 0 Å². The summed E-state index contributed by atoms with van der Waals surface area (Å²) in [6, 6.07) is 0. The minimum atomic E-state index is -0.134. The number of hydrogen-bond donors (Lipinski definition) is 0. The van der Waals surface area contributed by atoms with Crippen LogP contribution >= 0.6 is 0 Å². The van der Waals surface area contributed by atoms with Crippen LogP contribution in [0, 0.1) is 40.4 Å². The molecule has 0 aromatic heterocycles. The van der Waals surface area contributed by atoms with Crippen LogP contribution in [0.2, 0.25) is 0 Å². The van der Waals surface area contributed by atoms with Crippen molar-refractivity contribution in [3.8, 4) is 0 Å². The summed E-state index contributed by atoms with van der Waals surface area (Å²) in [4.78, 5) is 23.6. The summed E-state index contributed by atoms with van der Waals surface area (Å²) in [5, 5.41) is 0. The Morgan fingerprint density at radius 3 is 2.56 bits per heavy atom. The lowest BCUT2D eigenvalue weighted by Gasteiger charge is -2.59. The molecule has 0 radical (unpaired) electrons. The molecule has 0 aliphatic heterocycles. The van der Waals surface area contributed by atoms with Crippen molar-refractivity contribution in [3.63, 3.8) is 0 Å². The minimum Gasteiger partial charge on any atom is -0.466 e. The first-order valence-electron chi connectivity index (χ1n) is 10.2. The minimum absolute atomic E-state index is 0.134. The highest BCUT2D eigenvalue weighted by atomic mass is 16.5. The smallest absolute Gasteiger partial charge is 0.333 e. The Morgan fingerprint density at radius 2 is 1.84 bits per heavy atom. The van der Waals surface area contributed by atoms with Gasteiger partial charge in [0.2, 0.25) is 0 Å². The Bertz CT molecular complexity index is 608. The van der Waals surface area contributed by atoms with Gasteiger partial charge in [-0.15, -0.1) is 0 Å².